The summed E-state index contributed by atoms with van der Waals surface area (Å²) >= 11 is 6.12. The fraction of sp³-hybridized carbons (Fsp3) is 0.0476. The lowest BCUT2D eigenvalue weighted by atomic mass is 9.96. The standard InChI is InChI=1S/C21H16ClN3O/c22-16-4-1-5-17(13-16)25-19(15-8-11-23-12-9-15)18-7-6-14-3-2-10-24-20(14)21(18)26/h1-13,19,25-26H. The van der Waals surface area contributed by atoms with E-state index in [9.17, 15) is 5.11 Å². The van der Waals surface area contributed by atoms with E-state index >= 15 is 0 Å². The van der Waals surface area contributed by atoms with Crippen LogP contribution in [-0.2, 0) is 0 Å². The highest BCUT2D eigenvalue weighted by atomic mass is 35.5. The van der Waals surface area contributed by atoms with Crippen molar-refractivity contribution >= 4 is 28.2 Å². The lowest BCUT2D eigenvalue weighted by molar-refractivity contribution is 0.472. The molecule has 0 amide bonds. The molecular weight excluding hydrogens is 346 g/mol. The third-order valence-electron chi connectivity index (χ3n) is 4.27. The Morgan fingerprint density at radius 1 is 0.923 bits per heavy atom. The van der Waals surface area contributed by atoms with Crippen LogP contribution in [0.2, 0.25) is 5.02 Å². The summed E-state index contributed by atoms with van der Waals surface area (Å²) in [6.07, 6.45) is 5.15. The van der Waals surface area contributed by atoms with Crippen molar-refractivity contribution < 1.29 is 5.11 Å². The van der Waals surface area contributed by atoms with Gasteiger partial charge in [-0.3, -0.25) is 9.97 Å². The Labute approximate surface area is 156 Å². The number of fused-ring (bicyclic) bond motifs is 1. The second-order valence-corrected chi connectivity index (χ2v) is 6.38. The number of phenols is 1. The van der Waals surface area contributed by atoms with Crippen LogP contribution in [0.15, 0.2) is 79.3 Å². The topological polar surface area (TPSA) is 58.0 Å². The monoisotopic (exact) mass is 361 g/mol. The van der Waals surface area contributed by atoms with E-state index in [4.69, 9.17) is 11.6 Å². The number of anilines is 1. The number of aromatic nitrogens is 2. The van der Waals surface area contributed by atoms with Crippen molar-refractivity contribution in [3.63, 3.8) is 0 Å². The summed E-state index contributed by atoms with van der Waals surface area (Å²) in [6.45, 7) is 0. The molecule has 0 fully saturated rings. The van der Waals surface area contributed by atoms with Crippen LogP contribution >= 0.6 is 11.6 Å². The van der Waals surface area contributed by atoms with Gasteiger partial charge in [0.05, 0.1) is 6.04 Å². The van der Waals surface area contributed by atoms with Gasteiger partial charge in [-0.1, -0.05) is 35.9 Å². The first-order chi connectivity index (χ1) is 12.7. The van der Waals surface area contributed by atoms with E-state index in [-0.39, 0.29) is 11.8 Å². The minimum atomic E-state index is -0.275. The summed E-state index contributed by atoms with van der Waals surface area (Å²) in [6, 6.07) is 18.7. The molecule has 2 aromatic heterocycles. The molecule has 0 aliphatic rings. The molecule has 0 radical (unpaired) electrons. The number of nitrogens with one attached hydrogen (secondary N) is 1. The second-order valence-electron chi connectivity index (χ2n) is 5.95. The number of halogens is 1. The van der Waals surface area contributed by atoms with E-state index in [0.29, 0.717) is 10.5 Å². The SMILES string of the molecule is Oc1c(C(Nc2cccc(Cl)c2)c2ccncc2)ccc2cccnc12. The fourth-order valence-electron chi connectivity index (χ4n) is 3.02. The second kappa shape index (κ2) is 7.02. The van der Waals surface area contributed by atoms with E-state index in [0.717, 1.165) is 22.2 Å². The first-order valence-corrected chi connectivity index (χ1v) is 8.59. The molecule has 0 aliphatic carbocycles. The molecule has 4 nitrogen and oxygen atoms in total. The van der Waals surface area contributed by atoms with Crippen molar-refractivity contribution in [3.05, 3.63) is 95.4 Å². The molecule has 2 aromatic carbocycles. The average molecular weight is 362 g/mol. The average Bonchev–Trinajstić information content (AvgIpc) is 2.68. The highest BCUT2D eigenvalue weighted by molar-refractivity contribution is 6.30. The van der Waals surface area contributed by atoms with Gasteiger partial charge < -0.3 is 10.4 Å². The van der Waals surface area contributed by atoms with Crippen molar-refractivity contribution in [3.8, 4) is 5.75 Å². The molecule has 26 heavy (non-hydrogen) atoms. The zero-order chi connectivity index (χ0) is 17.9. The number of aromatic hydroxyl groups is 1. The van der Waals surface area contributed by atoms with Gasteiger partial charge in [-0.2, -0.15) is 0 Å². The van der Waals surface area contributed by atoms with Gasteiger partial charge in [0.2, 0.25) is 0 Å². The number of hydrogen-bond acceptors (Lipinski definition) is 4. The number of hydrogen-bond donors (Lipinski definition) is 2. The number of rotatable bonds is 4. The molecule has 128 valence electrons. The third-order valence-corrected chi connectivity index (χ3v) is 4.50. The summed E-state index contributed by atoms with van der Waals surface area (Å²) in [5.74, 6) is 0.166. The maximum Gasteiger partial charge on any atom is 0.147 e. The molecule has 0 saturated heterocycles. The van der Waals surface area contributed by atoms with Crippen LogP contribution in [0.25, 0.3) is 10.9 Å². The minimum Gasteiger partial charge on any atom is -0.505 e. The molecule has 0 aliphatic heterocycles. The first kappa shape index (κ1) is 16.4. The molecular formula is C21H16ClN3O. The summed E-state index contributed by atoms with van der Waals surface area (Å²) in [4.78, 5) is 8.42. The summed E-state index contributed by atoms with van der Waals surface area (Å²) < 4.78 is 0. The van der Waals surface area contributed by atoms with Gasteiger partial charge in [0.1, 0.15) is 11.3 Å². The molecule has 2 heterocycles. The van der Waals surface area contributed by atoms with Gasteiger partial charge in [0.25, 0.3) is 0 Å². The van der Waals surface area contributed by atoms with Crippen LogP contribution in [0, 0.1) is 0 Å². The molecule has 4 rings (SSSR count). The molecule has 0 spiro atoms. The summed E-state index contributed by atoms with van der Waals surface area (Å²) in [7, 11) is 0. The Balaban J connectivity index is 1.84. The van der Waals surface area contributed by atoms with Crippen molar-refractivity contribution in [1.29, 1.82) is 0 Å². The van der Waals surface area contributed by atoms with Crippen molar-refractivity contribution in [1.82, 2.24) is 9.97 Å². The number of phenolic OH excluding ortho intramolecular Hbond substituents is 1. The number of nitrogens with zero attached hydrogens (tertiary/aromatic N) is 2. The maximum atomic E-state index is 10.9. The molecule has 1 unspecified atom stereocenters. The van der Waals surface area contributed by atoms with Crippen LogP contribution in [0.5, 0.6) is 5.75 Å². The molecule has 2 N–H and O–H groups in total. The molecule has 4 aromatic rings. The normalized spacial score (nSPS) is 12.0. The zero-order valence-corrected chi connectivity index (χ0v) is 14.6. The van der Waals surface area contributed by atoms with E-state index < -0.39 is 0 Å². The van der Waals surface area contributed by atoms with Crippen molar-refractivity contribution in [2.45, 2.75) is 6.04 Å². The lowest BCUT2D eigenvalue weighted by Gasteiger charge is -2.22. The predicted octanol–water partition coefficient (Wildman–Crippen LogP) is 5.19. The van der Waals surface area contributed by atoms with E-state index in [2.05, 4.69) is 15.3 Å². The largest absolute Gasteiger partial charge is 0.505 e. The Bertz CT molecular complexity index is 1050. The van der Waals surface area contributed by atoms with Crippen LogP contribution in [-0.4, -0.2) is 15.1 Å². The minimum absolute atomic E-state index is 0.166. The summed E-state index contributed by atoms with van der Waals surface area (Å²) in [5, 5.41) is 15.9. The highest BCUT2D eigenvalue weighted by Gasteiger charge is 2.20. The van der Waals surface area contributed by atoms with Gasteiger partial charge in [-0.05, 0) is 42.0 Å². The van der Waals surface area contributed by atoms with Crippen LogP contribution in [0.3, 0.4) is 0 Å². The van der Waals surface area contributed by atoms with Crippen LogP contribution in [0.4, 0.5) is 5.69 Å². The maximum absolute atomic E-state index is 10.9. The van der Waals surface area contributed by atoms with Crippen LogP contribution in [0.1, 0.15) is 17.2 Å². The van der Waals surface area contributed by atoms with Gasteiger partial charge >= 0.3 is 0 Å². The Morgan fingerprint density at radius 2 is 1.77 bits per heavy atom. The lowest BCUT2D eigenvalue weighted by Crippen LogP contribution is -2.13. The Kier molecular flexibility index (Phi) is 4.42. The van der Waals surface area contributed by atoms with E-state index in [1.165, 1.54) is 0 Å². The molecule has 5 heteroatoms. The van der Waals surface area contributed by atoms with E-state index in [1.54, 1.807) is 18.6 Å². The fourth-order valence-corrected chi connectivity index (χ4v) is 3.21. The van der Waals surface area contributed by atoms with Gasteiger partial charge in [-0.15, -0.1) is 0 Å². The Hall–Kier alpha value is -3.11. The van der Waals surface area contributed by atoms with Crippen molar-refractivity contribution in [2.24, 2.45) is 0 Å². The zero-order valence-electron chi connectivity index (χ0n) is 13.8. The first-order valence-electron chi connectivity index (χ1n) is 8.21. The molecule has 0 bridgehead atoms. The van der Waals surface area contributed by atoms with Crippen molar-refractivity contribution in [2.75, 3.05) is 5.32 Å². The smallest absolute Gasteiger partial charge is 0.147 e. The number of pyridine rings is 2. The van der Waals surface area contributed by atoms with E-state index in [1.807, 2.05) is 60.7 Å². The van der Waals surface area contributed by atoms with Gasteiger partial charge in [0.15, 0.2) is 0 Å². The number of benzene rings is 2. The van der Waals surface area contributed by atoms with Gasteiger partial charge in [-0.25, -0.2) is 0 Å². The molecule has 1 atom stereocenters. The van der Waals surface area contributed by atoms with Gasteiger partial charge in [0, 0.05) is 40.3 Å². The Morgan fingerprint density at radius 3 is 2.58 bits per heavy atom. The third kappa shape index (κ3) is 3.19. The predicted molar refractivity (Wildman–Crippen MR) is 105 cm³/mol. The molecule has 0 saturated carbocycles. The summed E-state index contributed by atoms with van der Waals surface area (Å²) in [5.41, 5.74) is 3.16. The quantitative estimate of drug-likeness (QED) is 0.525. The van der Waals surface area contributed by atoms with Crippen LogP contribution < -0.4 is 5.32 Å². The highest BCUT2D eigenvalue weighted by Crippen LogP contribution is 2.36.